The summed E-state index contributed by atoms with van der Waals surface area (Å²) in [5.41, 5.74) is 2.90. The predicted molar refractivity (Wildman–Crippen MR) is 98.2 cm³/mol. The van der Waals surface area contributed by atoms with Crippen molar-refractivity contribution in [3.8, 4) is 5.69 Å². The van der Waals surface area contributed by atoms with E-state index in [0.717, 1.165) is 0 Å². The first kappa shape index (κ1) is 20.5. The lowest BCUT2D eigenvalue weighted by Gasteiger charge is -2.40. The zero-order chi connectivity index (χ0) is 20.4. The lowest BCUT2D eigenvalue weighted by molar-refractivity contribution is -0.294. The first-order valence-electron chi connectivity index (χ1n) is 8.79. The summed E-state index contributed by atoms with van der Waals surface area (Å²) in [6.07, 6.45) is -0.845. The van der Waals surface area contributed by atoms with Crippen LogP contribution in [-0.2, 0) is 28.9 Å². The fourth-order valence-electron chi connectivity index (χ4n) is 3.22. The molecule has 1 fully saturated rings. The van der Waals surface area contributed by atoms with Gasteiger partial charge in [0.15, 0.2) is 5.79 Å². The second kappa shape index (κ2) is 8.03. The van der Waals surface area contributed by atoms with E-state index in [1.165, 1.54) is 11.8 Å². The third kappa shape index (κ3) is 4.79. The molecule has 0 bridgehead atoms. The number of carbonyl (C=O) groups excluding carboxylic acids is 1. The van der Waals surface area contributed by atoms with Crippen molar-refractivity contribution < 1.29 is 27.5 Å². The standard InChI is InChI=1S/C17H24N4O6S/c1-17(2)26-13(10-15(22)19-25-3)9-14(27-17)11-28(23,24)16-18-20-21(16)12-7-5-4-6-8-12/h4-8,13-14,20H,9-11H2,1-3H3,(H,19,22)/t13-,14+/m1/s1. The van der Waals surface area contributed by atoms with Gasteiger partial charge in [0.1, 0.15) is 0 Å². The fraction of sp³-hybridized carbons (Fsp3) is 0.529. The van der Waals surface area contributed by atoms with Crippen LogP contribution in [0.25, 0.3) is 5.69 Å². The number of nitrogens with one attached hydrogen (secondary N) is 2. The molecule has 3 rings (SSSR count). The second-order valence-corrected chi connectivity index (χ2v) is 8.92. The van der Waals surface area contributed by atoms with Gasteiger partial charge >= 0.3 is 0 Å². The van der Waals surface area contributed by atoms with Gasteiger partial charge in [-0.2, -0.15) is 0 Å². The minimum absolute atomic E-state index is 0.0375. The number of nitrogens with zero attached hydrogens (tertiary/aromatic N) is 2. The Kier molecular flexibility index (Phi) is 5.89. The Bertz CT molecular complexity index is 905. The number of H-pyrrole nitrogens is 1. The number of aromatic nitrogens is 3. The van der Waals surface area contributed by atoms with E-state index in [1.54, 1.807) is 38.1 Å². The quantitative estimate of drug-likeness (QED) is 0.649. The molecule has 2 aromatic rings. The van der Waals surface area contributed by atoms with Crippen LogP contribution in [0.4, 0.5) is 0 Å². The van der Waals surface area contributed by atoms with Crippen LogP contribution < -0.4 is 5.48 Å². The highest BCUT2D eigenvalue weighted by Crippen LogP contribution is 2.30. The molecule has 1 aliphatic heterocycles. The maximum absolute atomic E-state index is 12.9. The molecule has 11 heteroatoms. The van der Waals surface area contributed by atoms with Crippen molar-refractivity contribution in [2.75, 3.05) is 12.9 Å². The van der Waals surface area contributed by atoms with Crippen molar-refractivity contribution in [2.45, 2.75) is 49.8 Å². The molecule has 10 nitrogen and oxygen atoms in total. The molecule has 2 atom stereocenters. The number of aromatic amines is 1. The molecule has 0 aliphatic carbocycles. The van der Waals surface area contributed by atoms with E-state index in [1.807, 2.05) is 6.07 Å². The topological polar surface area (TPSA) is 125 Å². The molecule has 1 aromatic heterocycles. The third-order valence-corrected chi connectivity index (χ3v) is 5.83. The molecule has 0 unspecified atom stereocenters. The van der Waals surface area contributed by atoms with Crippen molar-refractivity contribution in [2.24, 2.45) is 0 Å². The number of rotatable bonds is 7. The van der Waals surface area contributed by atoms with Crippen molar-refractivity contribution in [3.63, 3.8) is 0 Å². The zero-order valence-electron chi connectivity index (χ0n) is 15.9. The van der Waals surface area contributed by atoms with Crippen molar-refractivity contribution in [3.05, 3.63) is 30.3 Å². The molecule has 1 amide bonds. The summed E-state index contributed by atoms with van der Waals surface area (Å²) in [6, 6.07) is 9.00. The Morgan fingerprint density at radius 3 is 2.61 bits per heavy atom. The van der Waals surface area contributed by atoms with Gasteiger partial charge in [0.25, 0.3) is 5.16 Å². The number of ether oxygens (including phenoxy) is 2. The smallest absolute Gasteiger partial charge is 0.267 e. The average molecular weight is 412 g/mol. The second-order valence-electron chi connectivity index (χ2n) is 7.00. The number of para-hydroxylation sites is 1. The summed E-state index contributed by atoms with van der Waals surface area (Å²) in [6.45, 7) is 3.37. The molecule has 0 radical (unpaired) electrons. The number of benzene rings is 1. The van der Waals surface area contributed by atoms with Crippen LogP contribution >= 0.6 is 0 Å². The lowest BCUT2D eigenvalue weighted by atomic mass is 10.1. The van der Waals surface area contributed by atoms with E-state index >= 15 is 0 Å². The molecule has 1 saturated heterocycles. The van der Waals surface area contributed by atoms with Gasteiger partial charge in [-0.15, -0.1) is 5.10 Å². The Labute approximate surface area is 163 Å². The molecular weight excluding hydrogens is 388 g/mol. The third-order valence-electron chi connectivity index (χ3n) is 4.19. The molecule has 28 heavy (non-hydrogen) atoms. The Morgan fingerprint density at radius 1 is 1.32 bits per heavy atom. The summed E-state index contributed by atoms with van der Waals surface area (Å²) in [5, 5.41) is 6.39. The van der Waals surface area contributed by atoms with E-state index in [-0.39, 0.29) is 29.7 Å². The maximum atomic E-state index is 12.9. The molecule has 1 aromatic carbocycles. The molecule has 154 valence electrons. The Morgan fingerprint density at radius 2 is 2.00 bits per heavy atom. The van der Waals surface area contributed by atoms with E-state index < -0.39 is 27.8 Å². The molecule has 0 spiro atoms. The Hall–Kier alpha value is -2.21. The maximum Gasteiger partial charge on any atom is 0.267 e. The summed E-state index contributed by atoms with van der Waals surface area (Å²) >= 11 is 0. The van der Waals surface area contributed by atoms with E-state index in [0.29, 0.717) is 5.69 Å². The van der Waals surface area contributed by atoms with Gasteiger partial charge in [0.05, 0.1) is 37.2 Å². The number of carbonyl (C=O) groups is 1. The highest BCUT2D eigenvalue weighted by molar-refractivity contribution is 7.91. The highest BCUT2D eigenvalue weighted by atomic mass is 32.2. The molecular formula is C17H24N4O6S. The minimum Gasteiger partial charge on any atom is -0.347 e. The van der Waals surface area contributed by atoms with Gasteiger partial charge in [-0.05, 0) is 26.0 Å². The molecule has 2 heterocycles. The monoisotopic (exact) mass is 412 g/mol. The van der Waals surface area contributed by atoms with E-state index in [2.05, 4.69) is 20.6 Å². The zero-order valence-corrected chi connectivity index (χ0v) is 16.7. The number of hydroxylamine groups is 1. The van der Waals surface area contributed by atoms with Crippen LogP contribution in [0.3, 0.4) is 0 Å². The van der Waals surface area contributed by atoms with Crippen LogP contribution in [0.1, 0.15) is 26.7 Å². The minimum atomic E-state index is -3.73. The lowest BCUT2D eigenvalue weighted by Crippen LogP contribution is -2.48. The van der Waals surface area contributed by atoms with Crippen LogP contribution in [-0.4, -0.2) is 60.2 Å². The number of sulfone groups is 1. The van der Waals surface area contributed by atoms with Crippen LogP contribution in [0.2, 0.25) is 0 Å². The predicted octanol–water partition coefficient (Wildman–Crippen LogP) is 0.952. The van der Waals surface area contributed by atoms with Gasteiger partial charge < -0.3 is 9.47 Å². The van der Waals surface area contributed by atoms with Gasteiger partial charge in [0.2, 0.25) is 15.7 Å². The Balaban J connectivity index is 1.72. The normalized spacial score (nSPS) is 22.1. The summed E-state index contributed by atoms with van der Waals surface area (Å²) in [4.78, 5) is 16.4. The van der Waals surface area contributed by atoms with Gasteiger partial charge in [0, 0.05) is 6.42 Å². The highest BCUT2D eigenvalue weighted by Gasteiger charge is 2.39. The SMILES string of the molecule is CONC(=O)C[C@H]1C[C@@H](CS(=O)(=O)c2n[nH]n2-c2ccccc2)OC(C)(C)O1. The van der Waals surface area contributed by atoms with E-state index in [9.17, 15) is 13.2 Å². The van der Waals surface area contributed by atoms with Crippen LogP contribution in [0.15, 0.2) is 35.5 Å². The first-order valence-corrected chi connectivity index (χ1v) is 10.4. The van der Waals surface area contributed by atoms with Crippen molar-refractivity contribution in [1.82, 2.24) is 20.5 Å². The van der Waals surface area contributed by atoms with Crippen molar-refractivity contribution in [1.29, 1.82) is 0 Å². The molecule has 2 N–H and O–H groups in total. The summed E-state index contributed by atoms with van der Waals surface area (Å²) in [7, 11) is -2.38. The first-order chi connectivity index (χ1) is 13.2. The van der Waals surface area contributed by atoms with Crippen LogP contribution in [0.5, 0.6) is 0 Å². The van der Waals surface area contributed by atoms with Crippen LogP contribution in [0, 0.1) is 0 Å². The number of amides is 1. The van der Waals surface area contributed by atoms with Gasteiger partial charge in [-0.1, -0.05) is 18.2 Å². The average Bonchev–Trinajstić information content (AvgIpc) is 2.52. The van der Waals surface area contributed by atoms with Gasteiger partial charge in [-0.25, -0.2) is 23.8 Å². The summed E-state index contributed by atoms with van der Waals surface area (Å²) in [5.74, 6) is -1.64. The largest absolute Gasteiger partial charge is 0.347 e. The molecule has 1 aliphatic rings. The number of hydrogen-bond donors (Lipinski definition) is 2. The molecule has 0 saturated carbocycles. The summed E-state index contributed by atoms with van der Waals surface area (Å²) < 4.78 is 38.7. The fourth-order valence-corrected chi connectivity index (χ4v) is 4.67. The van der Waals surface area contributed by atoms with Gasteiger partial charge in [-0.3, -0.25) is 9.63 Å². The van der Waals surface area contributed by atoms with E-state index in [4.69, 9.17) is 9.47 Å². The van der Waals surface area contributed by atoms with Crippen molar-refractivity contribution >= 4 is 15.7 Å². The number of hydrogen-bond acceptors (Lipinski definition) is 7.